The first-order valence-electron chi connectivity index (χ1n) is 11.6. The van der Waals surface area contributed by atoms with Crippen molar-refractivity contribution in [2.75, 3.05) is 18.5 Å². The maximum atomic E-state index is 13.4. The van der Waals surface area contributed by atoms with Crippen LogP contribution in [0.4, 0.5) is 10.1 Å². The maximum Gasteiger partial charge on any atom is 0.338 e. The number of benzene rings is 3. The fraction of sp³-hybridized carbons (Fsp3) is 0.172. The van der Waals surface area contributed by atoms with Gasteiger partial charge in [0.2, 0.25) is 5.91 Å². The number of carbonyl (C=O) groups excluding carboxylic acids is 2. The van der Waals surface area contributed by atoms with Crippen LogP contribution in [-0.2, 0) is 9.53 Å². The third-order valence-corrected chi connectivity index (χ3v) is 5.57. The molecule has 0 saturated heterocycles. The van der Waals surface area contributed by atoms with Crippen molar-refractivity contribution in [2.45, 2.75) is 20.8 Å². The molecule has 0 atom stereocenters. The summed E-state index contributed by atoms with van der Waals surface area (Å²) in [6.45, 7) is 6.18. The molecule has 0 radical (unpaired) electrons. The Balaban J connectivity index is 1.62. The number of nitrogens with one attached hydrogen (secondary N) is 1. The van der Waals surface area contributed by atoms with E-state index in [2.05, 4.69) is 5.32 Å². The van der Waals surface area contributed by atoms with Gasteiger partial charge < -0.3 is 19.2 Å². The van der Waals surface area contributed by atoms with Crippen LogP contribution in [0.2, 0.25) is 0 Å². The molecule has 0 saturated carbocycles. The third kappa shape index (κ3) is 5.46. The monoisotopic (exact) mass is 487 g/mol. The van der Waals surface area contributed by atoms with Crippen LogP contribution in [-0.4, -0.2) is 25.1 Å². The van der Waals surface area contributed by atoms with E-state index in [1.54, 1.807) is 55.7 Å². The molecule has 1 heterocycles. The van der Waals surface area contributed by atoms with Gasteiger partial charge in [-0.25, -0.2) is 9.18 Å². The molecule has 4 aromatic rings. The first-order valence-corrected chi connectivity index (χ1v) is 11.6. The maximum absolute atomic E-state index is 13.4. The van der Waals surface area contributed by atoms with E-state index >= 15 is 0 Å². The van der Waals surface area contributed by atoms with Gasteiger partial charge in [-0.3, -0.25) is 4.79 Å². The fourth-order valence-corrected chi connectivity index (χ4v) is 3.85. The van der Waals surface area contributed by atoms with Gasteiger partial charge in [0.1, 0.15) is 17.1 Å². The lowest BCUT2D eigenvalue weighted by atomic mass is 9.99. The van der Waals surface area contributed by atoms with E-state index in [9.17, 15) is 14.0 Å². The molecule has 36 heavy (non-hydrogen) atoms. The van der Waals surface area contributed by atoms with Gasteiger partial charge in [0, 0.05) is 34.3 Å². The normalized spacial score (nSPS) is 11.4. The van der Waals surface area contributed by atoms with Crippen LogP contribution in [0, 0.1) is 5.82 Å². The Morgan fingerprint density at radius 2 is 1.72 bits per heavy atom. The van der Waals surface area contributed by atoms with Crippen molar-refractivity contribution >= 4 is 34.1 Å². The molecule has 184 valence electrons. The number of carbonyl (C=O) groups is 2. The molecule has 4 rings (SSSR count). The SMILES string of the molecule is CCOC(=O)c1ccc(NC(=O)/C=C(\C)c2cc3c(-c4ccc(F)cc4)coc3cc2OCC)cc1. The highest BCUT2D eigenvalue weighted by Crippen LogP contribution is 2.37. The second-order valence-electron chi connectivity index (χ2n) is 8.05. The number of fused-ring (bicyclic) bond motifs is 1. The summed E-state index contributed by atoms with van der Waals surface area (Å²) in [6, 6.07) is 16.4. The third-order valence-electron chi connectivity index (χ3n) is 5.57. The van der Waals surface area contributed by atoms with E-state index in [0.29, 0.717) is 41.4 Å². The number of halogens is 1. The second-order valence-corrected chi connectivity index (χ2v) is 8.05. The molecule has 0 fully saturated rings. The first-order chi connectivity index (χ1) is 17.4. The van der Waals surface area contributed by atoms with E-state index in [4.69, 9.17) is 13.9 Å². The average Bonchev–Trinajstić information content (AvgIpc) is 3.27. The summed E-state index contributed by atoms with van der Waals surface area (Å²) in [4.78, 5) is 24.6. The summed E-state index contributed by atoms with van der Waals surface area (Å²) in [5.74, 6) is -0.467. The highest BCUT2D eigenvalue weighted by molar-refractivity contribution is 6.05. The van der Waals surface area contributed by atoms with Gasteiger partial charge in [-0.05, 0) is 74.4 Å². The standard InChI is InChI=1S/C29H26FNO5/c1-4-34-26-16-27-24(25(17-36-27)19-6-10-21(30)11-7-19)15-23(26)18(3)14-28(32)31-22-12-8-20(9-13-22)29(33)35-5-2/h6-17H,4-5H2,1-3H3,(H,31,32)/b18-14+. The number of hydrogen-bond donors (Lipinski definition) is 1. The van der Waals surface area contributed by atoms with E-state index < -0.39 is 5.97 Å². The molecular formula is C29H26FNO5. The molecule has 1 N–H and O–H groups in total. The smallest absolute Gasteiger partial charge is 0.338 e. The summed E-state index contributed by atoms with van der Waals surface area (Å²) in [6.07, 6.45) is 3.11. The minimum atomic E-state index is -0.413. The van der Waals surface area contributed by atoms with Crippen LogP contribution in [0.5, 0.6) is 5.75 Å². The van der Waals surface area contributed by atoms with E-state index in [1.165, 1.54) is 18.2 Å². The molecule has 0 bridgehead atoms. The second kappa shape index (κ2) is 10.9. The lowest BCUT2D eigenvalue weighted by Gasteiger charge is -2.12. The van der Waals surface area contributed by atoms with Gasteiger partial charge in [-0.2, -0.15) is 0 Å². The Bertz CT molecular complexity index is 1420. The predicted octanol–water partition coefficient (Wildman–Crippen LogP) is 6.86. The minimum absolute atomic E-state index is 0.293. The Morgan fingerprint density at radius 3 is 2.39 bits per heavy atom. The van der Waals surface area contributed by atoms with Gasteiger partial charge in [-0.1, -0.05) is 12.1 Å². The number of allylic oxidation sites excluding steroid dienone is 1. The Morgan fingerprint density at radius 1 is 1.00 bits per heavy atom. The zero-order chi connectivity index (χ0) is 25.7. The van der Waals surface area contributed by atoms with Gasteiger partial charge in [0.25, 0.3) is 0 Å². The zero-order valence-corrected chi connectivity index (χ0v) is 20.3. The molecule has 0 spiro atoms. The van der Waals surface area contributed by atoms with Gasteiger partial charge >= 0.3 is 5.97 Å². The Kier molecular flexibility index (Phi) is 7.49. The highest BCUT2D eigenvalue weighted by atomic mass is 19.1. The quantitative estimate of drug-likeness (QED) is 0.217. The van der Waals surface area contributed by atoms with Crippen LogP contribution >= 0.6 is 0 Å². The number of hydrogen-bond acceptors (Lipinski definition) is 5. The van der Waals surface area contributed by atoms with Crippen molar-refractivity contribution < 1.29 is 27.9 Å². The first kappa shape index (κ1) is 24.7. The molecule has 0 unspecified atom stereocenters. The molecule has 1 amide bonds. The number of ether oxygens (including phenoxy) is 2. The average molecular weight is 488 g/mol. The van der Waals surface area contributed by atoms with E-state index in [1.807, 2.05) is 19.9 Å². The van der Waals surface area contributed by atoms with E-state index in [0.717, 1.165) is 22.1 Å². The molecule has 6 nitrogen and oxygen atoms in total. The van der Waals surface area contributed by atoms with Crippen molar-refractivity contribution in [1.82, 2.24) is 0 Å². The number of anilines is 1. The Hall–Kier alpha value is -4.39. The van der Waals surface area contributed by atoms with Gasteiger partial charge in [0.15, 0.2) is 0 Å². The summed E-state index contributed by atoms with van der Waals surface area (Å²) in [7, 11) is 0. The minimum Gasteiger partial charge on any atom is -0.493 e. The summed E-state index contributed by atoms with van der Waals surface area (Å²) in [5, 5.41) is 3.63. The van der Waals surface area contributed by atoms with Crippen LogP contribution in [0.15, 0.2) is 77.4 Å². The summed E-state index contributed by atoms with van der Waals surface area (Å²) in [5.41, 5.74) is 4.64. The molecule has 1 aromatic heterocycles. The number of furan rings is 1. The zero-order valence-electron chi connectivity index (χ0n) is 20.3. The number of amides is 1. The fourth-order valence-electron chi connectivity index (χ4n) is 3.85. The van der Waals surface area contributed by atoms with Crippen molar-refractivity contribution in [3.8, 4) is 16.9 Å². The Labute approximate surface area is 208 Å². The summed E-state index contributed by atoms with van der Waals surface area (Å²) < 4.78 is 30.0. The van der Waals surface area contributed by atoms with Crippen molar-refractivity contribution in [3.63, 3.8) is 0 Å². The van der Waals surface area contributed by atoms with Crippen LogP contribution in [0.25, 0.3) is 27.7 Å². The lowest BCUT2D eigenvalue weighted by Crippen LogP contribution is -2.09. The van der Waals surface area contributed by atoms with Crippen molar-refractivity contribution in [2.24, 2.45) is 0 Å². The molecular weight excluding hydrogens is 461 g/mol. The molecule has 7 heteroatoms. The topological polar surface area (TPSA) is 77.8 Å². The predicted molar refractivity (Wildman–Crippen MR) is 137 cm³/mol. The van der Waals surface area contributed by atoms with Gasteiger partial charge in [0.05, 0.1) is 25.0 Å². The molecule has 0 aliphatic rings. The molecule has 3 aromatic carbocycles. The van der Waals surface area contributed by atoms with Gasteiger partial charge in [-0.15, -0.1) is 0 Å². The molecule has 0 aliphatic heterocycles. The van der Waals surface area contributed by atoms with Crippen LogP contribution in [0.1, 0.15) is 36.7 Å². The number of rotatable bonds is 8. The number of esters is 1. The largest absolute Gasteiger partial charge is 0.493 e. The van der Waals surface area contributed by atoms with Crippen molar-refractivity contribution in [1.29, 1.82) is 0 Å². The van der Waals surface area contributed by atoms with E-state index in [-0.39, 0.29) is 11.7 Å². The highest BCUT2D eigenvalue weighted by Gasteiger charge is 2.16. The van der Waals surface area contributed by atoms with Crippen LogP contribution in [0.3, 0.4) is 0 Å². The van der Waals surface area contributed by atoms with Crippen molar-refractivity contribution in [3.05, 3.63) is 89.9 Å². The van der Waals surface area contributed by atoms with Crippen LogP contribution < -0.4 is 10.1 Å². The summed E-state index contributed by atoms with van der Waals surface area (Å²) >= 11 is 0. The lowest BCUT2D eigenvalue weighted by molar-refractivity contribution is -0.111. The molecule has 0 aliphatic carbocycles.